The highest BCUT2D eigenvalue weighted by Crippen LogP contribution is 2.18. The third-order valence-corrected chi connectivity index (χ3v) is 2.66. The van der Waals surface area contributed by atoms with Crippen molar-refractivity contribution in [3.05, 3.63) is 65.5 Å². The summed E-state index contributed by atoms with van der Waals surface area (Å²) in [6.45, 7) is 2.04. The first-order valence-electron chi connectivity index (χ1n) is 5.80. The van der Waals surface area contributed by atoms with Gasteiger partial charge in [-0.15, -0.1) is 0 Å². The average Bonchev–Trinajstić information content (AvgIpc) is 2.37. The van der Waals surface area contributed by atoms with Crippen molar-refractivity contribution in [1.82, 2.24) is 0 Å². The van der Waals surface area contributed by atoms with Gasteiger partial charge in [-0.2, -0.15) is 0 Å². The molecule has 0 aliphatic heterocycles. The summed E-state index contributed by atoms with van der Waals surface area (Å²) >= 11 is 0. The van der Waals surface area contributed by atoms with Gasteiger partial charge < -0.3 is 9.84 Å². The predicted molar refractivity (Wildman–Crippen MR) is 67.8 cm³/mol. The van der Waals surface area contributed by atoms with Crippen LogP contribution >= 0.6 is 0 Å². The second kappa shape index (κ2) is 5.65. The molecule has 0 aliphatic rings. The predicted octanol–water partition coefficient (Wildman–Crippen LogP) is 3.46. The molecule has 1 atom stereocenters. The van der Waals surface area contributed by atoms with E-state index in [0.29, 0.717) is 12.4 Å². The van der Waals surface area contributed by atoms with Crippen LogP contribution in [0.2, 0.25) is 0 Å². The SMILES string of the molecule is C[C@H](O)c1ccc(OCc2cccc(F)c2)cc1. The van der Waals surface area contributed by atoms with E-state index in [1.165, 1.54) is 12.1 Å². The lowest BCUT2D eigenvalue weighted by Gasteiger charge is -2.08. The van der Waals surface area contributed by atoms with Crippen molar-refractivity contribution >= 4 is 0 Å². The first-order chi connectivity index (χ1) is 8.65. The van der Waals surface area contributed by atoms with Gasteiger partial charge in [-0.05, 0) is 42.3 Å². The van der Waals surface area contributed by atoms with E-state index in [0.717, 1.165) is 11.1 Å². The normalized spacial score (nSPS) is 12.2. The standard InChI is InChI=1S/C15H15FO2/c1-11(17)13-5-7-15(8-6-13)18-10-12-3-2-4-14(16)9-12/h2-9,11,17H,10H2,1H3/t11-/m0/s1. The molecule has 2 rings (SSSR count). The molecule has 2 aromatic rings. The third-order valence-electron chi connectivity index (χ3n) is 2.66. The summed E-state index contributed by atoms with van der Waals surface area (Å²) in [5.74, 6) is 0.434. The second-order valence-corrected chi connectivity index (χ2v) is 4.16. The van der Waals surface area contributed by atoms with Crippen molar-refractivity contribution in [2.75, 3.05) is 0 Å². The van der Waals surface area contributed by atoms with Crippen LogP contribution in [0.4, 0.5) is 4.39 Å². The van der Waals surface area contributed by atoms with E-state index in [9.17, 15) is 9.50 Å². The van der Waals surface area contributed by atoms with Gasteiger partial charge in [0.1, 0.15) is 18.2 Å². The van der Waals surface area contributed by atoms with Crippen molar-refractivity contribution in [2.45, 2.75) is 19.6 Å². The topological polar surface area (TPSA) is 29.5 Å². The van der Waals surface area contributed by atoms with Crippen LogP contribution in [0.25, 0.3) is 0 Å². The summed E-state index contributed by atoms with van der Waals surface area (Å²) in [4.78, 5) is 0. The number of ether oxygens (including phenoxy) is 1. The van der Waals surface area contributed by atoms with Crippen molar-refractivity contribution in [3.63, 3.8) is 0 Å². The Morgan fingerprint density at radius 1 is 1.17 bits per heavy atom. The van der Waals surface area contributed by atoms with Crippen LogP contribution in [0.5, 0.6) is 5.75 Å². The number of aliphatic hydroxyl groups excluding tert-OH is 1. The number of rotatable bonds is 4. The van der Waals surface area contributed by atoms with E-state index >= 15 is 0 Å². The maximum absolute atomic E-state index is 13.0. The zero-order valence-electron chi connectivity index (χ0n) is 10.1. The van der Waals surface area contributed by atoms with E-state index < -0.39 is 6.10 Å². The lowest BCUT2D eigenvalue weighted by atomic mass is 10.1. The molecule has 18 heavy (non-hydrogen) atoms. The van der Waals surface area contributed by atoms with Crippen molar-refractivity contribution in [1.29, 1.82) is 0 Å². The molecule has 0 aliphatic carbocycles. The summed E-state index contributed by atoms with van der Waals surface area (Å²) in [6, 6.07) is 13.5. The molecule has 3 heteroatoms. The van der Waals surface area contributed by atoms with Gasteiger partial charge in [0.25, 0.3) is 0 Å². The van der Waals surface area contributed by atoms with E-state index in [2.05, 4.69) is 0 Å². The van der Waals surface area contributed by atoms with Crippen molar-refractivity contribution < 1.29 is 14.2 Å². The first kappa shape index (κ1) is 12.6. The summed E-state index contributed by atoms with van der Waals surface area (Å²) in [5, 5.41) is 9.37. The van der Waals surface area contributed by atoms with Crippen LogP contribution in [0.1, 0.15) is 24.2 Å². The Hall–Kier alpha value is -1.87. The van der Waals surface area contributed by atoms with Gasteiger partial charge in [-0.3, -0.25) is 0 Å². The Kier molecular flexibility index (Phi) is 3.95. The molecule has 0 saturated heterocycles. The molecule has 1 N–H and O–H groups in total. The Morgan fingerprint density at radius 3 is 2.50 bits per heavy atom. The highest BCUT2D eigenvalue weighted by atomic mass is 19.1. The molecule has 0 amide bonds. The molecular weight excluding hydrogens is 231 g/mol. The lowest BCUT2D eigenvalue weighted by Crippen LogP contribution is -1.96. The molecule has 0 heterocycles. The largest absolute Gasteiger partial charge is 0.489 e. The molecule has 0 spiro atoms. The highest BCUT2D eigenvalue weighted by molar-refractivity contribution is 5.28. The molecular formula is C15H15FO2. The average molecular weight is 246 g/mol. The quantitative estimate of drug-likeness (QED) is 0.895. The van der Waals surface area contributed by atoms with Crippen molar-refractivity contribution in [3.8, 4) is 5.75 Å². The van der Waals surface area contributed by atoms with Gasteiger partial charge in [0.05, 0.1) is 6.10 Å². The lowest BCUT2D eigenvalue weighted by molar-refractivity contribution is 0.199. The van der Waals surface area contributed by atoms with E-state index in [4.69, 9.17) is 4.74 Å². The van der Waals surface area contributed by atoms with Crippen LogP contribution in [0.15, 0.2) is 48.5 Å². The molecule has 0 unspecified atom stereocenters. The summed E-state index contributed by atoms with van der Waals surface area (Å²) < 4.78 is 18.5. The summed E-state index contributed by atoms with van der Waals surface area (Å²) in [7, 11) is 0. The van der Waals surface area contributed by atoms with Gasteiger partial charge in [-0.1, -0.05) is 24.3 Å². The van der Waals surface area contributed by atoms with Crippen LogP contribution in [-0.2, 0) is 6.61 Å². The van der Waals surface area contributed by atoms with Crippen molar-refractivity contribution in [2.24, 2.45) is 0 Å². The fourth-order valence-corrected chi connectivity index (χ4v) is 1.64. The summed E-state index contributed by atoms with van der Waals surface area (Å²) in [5.41, 5.74) is 1.63. The van der Waals surface area contributed by atoms with Crippen LogP contribution in [0, 0.1) is 5.82 Å². The number of halogens is 1. The molecule has 0 saturated carbocycles. The Morgan fingerprint density at radius 2 is 1.89 bits per heavy atom. The second-order valence-electron chi connectivity index (χ2n) is 4.16. The molecule has 0 radical (unpaired) electrons. The zero-order chi connectivity index (χ0) is 13.0. The fourth-order valence-electron chi connectivity index (χ4n) is 1.64. The monoisotopic (exact) mass is 246 g/mol. The van der Waals surface area contributed by atoms with Gasteiger partial charge >= 0.3 is 0 Å². The molecule has 0 aromatic heterocycles. The molecule has 0 bridgehead atoms. The van der Waals surface area contributed by atoms with Crippen LogP contribution in [-0.4, -0.2) is 5.11 Å². The fraction of sp³-hybridized carbons (Fsp3) is 0.200. The minimum absolute atomic E-state index is 0.263. The Bertz CT molecular complexity index is 506. The van der Waals surface area contributed by atoms with E-state index in [-0.39, 0.29) is 5.82 Å². The van der Waals surface area contributed by atoms with Gasteiger partial charge in [-0.25, -0.2) is 4.39 Å². The van der Waals surface area contributed by atoms with Gasteiger partial charge in [0.15, 0.2) is 0 Å². The Balaban J connectivity index is 1.98. The number of hydrogen-bond donors (Lipinski definition) is 1. The van der Waals surface area contributed by atoms with E-state index in [1.807, 2.05) is 18.2 Å². The maximum atomic E-state index is 13.0. The Labute approximate surface area is 106 Å². The highest BCUT2D eigenvalue weighted by Gasteiger charge is 2.01. The zero-order valence-corrected chi connectivity index (χ0v) is 10.1. The smallest absolute Gasteiger partial charge is 0.123 e. The van der Waals surface area contributed by atoms with Crippen LogP contribution < -0.4 is 4.74 Å². The minimum Gasteiger partial charge on any atom is -0.489 e. The molecule has 0 fully saturated rings. The maximum Gasteiger partial charge on any atom is 0.123 e. The van der Waals surface area contributed by atoms with Crippen LogP contribution in [0.3, 0.4) is 0 Å². The summed E-state index contributed by atoms with van der Waals surface area (Å²) in [6.07, 6.45) is -0.484. The number of benzene rings is 2. The van der Waals surface area contributed by atoms with Gasteiger partial charge in [0.2, 0.25) is 0 Å². The minimum atomic E-state index is -0.484. The number of aliphatic hydroxyl groups is 1. The van der Waals surface area contributed by atoms with E-state index in [1.54, 1.807) is 25.1 Å². The molecule has 2 aromatic carbocycles. The van der Waals surface area contributed by atoms with Gasteiger partial charge in [0, 0.05) is 0 Å². The molecule has 2 nitrogen and oxygen atoms in total. The third kappa shape index (κ3) is 3.31. The molecule has 94 valence electrons. The first-order valence-corrected chi connectivity index (χ1v) is 5.80. The number of hydrogen-bond acceptors (Lipinski definition) is 2.